The van der Waals surface area contributed by atoms with Gasteiger partial charge in [-0.05, 0) is 29.8 Å². The Morgan fingerprint density at radius 1 is 1.12 bits per heavy atom. The Morgan fingerprint density at radius 2 is 1.77 bits per heavy atom. The van der Waals surface area contributed by atoms with Crippen LogP contribution in [0.4, 0.5) is 18.9 Å². The number of hydrogen-bond acceptors (Lipinski definition) is 5. The Bertz CT molecular complexity index is 803. The van der Waals surface area contributed by atoms with Crippen LogP contribution in [0.25, 0.3) is 0 Å². The van der Waals surface area contributed by atoms with Crippen LogP contribution in [-0.4, -0.2) is 30.5 Å². The average molecular weight is 369 g/mol. The van der Waals surface area contributed by atoms with Crippen LogP contribution in [0.5, 0.6) is 11.5 Å². The van der Waals surface area contributed by atoms with Crippen LogP contribution in [-0.2, 0) is 16.0 Å². The van der Waals surface area contributed by atoms with Crippen molar-refractivity contribution in [2.45, 2.75) is 12.8 Å². The zero-order chi connectivity index (χ0) is 19.3. The van der Waals surface area contributed by atoms with Gasteiger partial charge in [0.1, 0.15) is 11.3 Å². The number of methoxy groups -OCH3 is 1. The van der Waals surface area contributed by atoms with Gasteiger partial charge in [-0.2, -0.15) is 0 Å². The molecular weight excluding hydrogens is 355 g/mol. The van der Waals surface area contributed by atoms with Crippen LogP contribution in [0.2, 0.25) is 0 Å². The zero-order valence-corrected chi connectivity index (χ0v) is 13.5. The summed E-state index contributed by atoms with van der Waals surface area (Å²) in [5.41, 5.74) is 0.328. The third-order valence-corrected chi connectivity index (χ3v) is 3.24. The van der Waals surface area contributed by atoms with Crippen molar-refractivity contribution in [3.05, 3.63) is 53.6 Å². The number of hydrogen-bond donors (Lipinski definition) is 2. The first-order valence-electron chi connectivity index (χ1n) is 7.24. The van der Waals surface area contributed by atoms with Gasteiger partial charge in [0, 0.05) is 0 Å². The molecule has 2 aromatic rings. The van der Waals surface area contributed by atoms with Crippen molar-refractivity contribution in [2.75, 3.05) is 12.4 Å². The Morgan fingerprint density at radius 3 is 2.35 bits per heavy atom. The summed E-state index contributed by atoms with van der Waals surface area (Å²) in [4.78, 5) is 23.6. The van der Waals surface area contributed by atoms with Crippen LogP contribution in [0.15, 0.2) is 42.5 Å². The number of halogens is 3. The third-order valence-electron chi connectivity index (χ3n) is 3.24. The molecule has 0 fully saturated rings. The van der Waals surface area contributed by atoms with Gasteiger partial charge in [0.15, 0.2) is 5.75 Å². The first kappa shape index (κ1) is 19.1. The predicted octanol–water partition coefficient (Wildman–Crippen LogP) is 3.26. The average Bonchev–Trinajstić information content (AvgIpc) is 2.56. The summed E-state index contributed by atoms with van der Waals surface area (Å²) >= 11 is 0. The third kappa shape index (κ3) is 5.13. The van der Waals surface area contributed by atoms with E-state index in [1.165, 1.54) is 30.3 Å². The van der Waals surface area contributed by atoms with Crippen molar-refractivity contribution < 1.29 is 37.3 Å². The number of carbonyl (C=O) groups is 2. The number of amides is 1. The molecule has 0 aromatic heterocycles. The number of para-hydroxylation sites is 1. The second kappa shape index (κ2) is 7.77. The first-order chi connectivity index (χ1) is 12.2. The van der Waals surface area contributed by atoms with E-state index in [2.05, 4.69) is 14.8 Å². The monoisotopic (exact) mass is 369 g/mol. The van der Waals surface area contributed by atoms with Gasteiger partial charge in [-0.1, -0.05) is 18.2 Å². The molecule has 1 amide bonds. The smallest absolute Gasteiger partial charge is 0.505 e. The summed E-state index contributed by atoms with van der Waals surface area (Å²) in [5.74, 6) is -2.14. The highest BCUT2D eigenvalue weighted by Crippen LogP contribution is 2.28. The summed E-state index contributed by atoms with van der Waals surface area (Å²) in [6, 6.07) is 8.97. The van der Waals surface area contributed by atoms with Crippen LogP contribution in [0.1, 0.15) is 15.9 Å². The van der Waals surface area contributed by atoms with Crippen LogP contribution in [0, 0.1) is 0 Å². The summed E-state index contributed by atoms with van der Waals surface area (Å²) < 4.78 is 44.6. The van der Waals surface area contributed by atoms with E-state index in [1.54, 1.807) is 0 Å². The highest BCUT2D eigenvalue weighted by atomic mass is 19.4. The summed E-state index contributed by atoms with van der Waals surface area (Å²) in [6.07, 6.45) is -4.95. The molecule has 138 valence electrons. The molecule has 0 radical (unpaired) electrons. The van der Waals surface area contributed by atoms with Gasteiger partial charge in [0.25, 0.3) is 0 Å². The fourth-order valence-electron chi connectivity index (χ4n) is 2.11. The number of benzene rings is 2. The number of carbonyl (C=O) groups excluding carboxylic acids is 2. The van der Waals surface area contributed by atoms with Crippen molar-refractivity contribution >= 4 is 17.6 Å². The molecular formula is C17H14F3NO5. The fraction of sp³-hybridized carbons (Fsp3) is 0.176. The molecule has 2 aromatic carbocycles. The Hall–Kier alpha value is -3.23. The van der Waals surface area contributed by atoms with E-state index >= 15 is 0 Å². The number of ether oxygens (including phenoxy) is 2. The van der Waals surface area contributed by atoms with E-state index in [1.807, 2.05) is 0 Å². The summed E-state index contributed by atoms with van der Waals surface area (Å²) in [7, 11) is 1.15. The van der Waals surface area contributed by atoms with Crippen molar-refractivity contribution in [2.24, 2.45) is 0 Å². The molecule has 0 heterocycles. The number of phenols is 1. The molecule has 0 atom stereocenters. The predicted molar refractivity (Wildman–Crippen MR) is 84.9 cm³/mol. The number of alkyl halides is 3. The number of nitrogens with one attached hydrogen (secondary N) is 1. The summed E-state index contributed by atoms with van der Waals surface area (Å²) in [6.45, 7) is 0. The van der Waals surface area contributed by atoms with Crippen LogP contribution in [0.3, 0.4) is 0 Å². The van der Waals surface area contributed by atoms with Crippen molar-refractivity contribution in [3.8, 4) is 11.5 Å². The van der Waals surface area contributed by atoms with E-state index in [-0.39, 0.29) is 17.7 Å². The molecule has 0 aliphatic rings. The second-order valence-corrected chi connectivity index (χ2v) is 5.11. The molecule has 2 rings (SSSR count). The van der Waals surface area contributed by atoms with E-state index < -0.39 is 29.7 Å². The maximum atomic E-state index is 12.1. The Labute approximate surface area is 146 Å². The van der Waals surface area contributed by atoms with E-state index in [9.17, 15) is 27.9 Å². The summed E-state index contributed by atoms with van der Waals surface area (Å²) in [5, 5.41) is 12.4. The minimum absolute atomic E-state index is 0.00919. The van der Waals surface area contributed by atoms with Gasteiger partial charge in [-0.15, -0.1) is 13.2 Å². The topological polar surface area (TPSA) is 84.9 Å². The molecule has 6 nitrogen and oxygen atoms in total. The molecule has 0 unspecified atom stereocenters. The van der Waals surface area contributed by atoms with Crippen LogP contribution >= 0.6 is 0 Å². The molecule has 0 saturated heterocycles. The van der Waals surface area contributed by atoms with Gasteiger partial charge >= 0.3 is 12.3 Å². The lowest BCUT2D eigenvalue weighted by Gasteiger charge is -2.11. The van der Waals surface area contributed by atoms with E-state index in [0.717, 1.165) is 19.2 Å². The van der Waals surface area contributed by atoms with Crippen molar-refractivity contribution in [1.29, 1.82) is 0 Å². The minimum Gasteiger partial charge on any atom is -0.505 e. The normalized spacial score (nSPS) is 10.9. The number of phenolic OH excluding ortho intramolecular Hbond substituents is 1. The number of aromatic hydroxyl groups is 1. The molecule has 0 aliphatic heterocycles. The van der Waals surface area contributed by atoms with Gasteiger partial charge in [-0.25, -0.2) is 4.79 Å². The van der Waals surface area contributed by atoms with Gasteiger partial charge in [-0.3, -0.25) is 4.79 Å². The largest absolute Gasteiger partial charge is 0.573 e. The maximum Gasteiger partial charge on any atom is 0.573 e. The number of esters is 1. The number of rotatable bonds is 5. The quantitative estimate of drug-likeness (QED) is 0.624. The Kier molecular flexibility index (Phi) is 5.71. The van der Waals surface area contributed by atoms with E-state index in [4.69, 9.17) is 0 Å². The molecule has 9 heteroatoms. The lowest BCUT2D eigenvalue weighted by Crippen LogP contribution is -2.17. The SMILES string of the molecule is COC(=O)c1cccc(NC(=O)Cc2ccc(OC(F)(F)F)cc2)c1O. The molecule has 2 N–H and O–H groups in total. The zero-order valence-electron chi connectivity index (χ0n) is 13.5. The molecule has 0 saturated carbocycles. The minimum atomic E-state index is -4.79. The van der Waals surface area contributed by atoms with E-state index in [0.29, 0.717) is 5.56 Å². The lowest BCUT2D eigenvalue weighted by atomic mass is 10.1. The lowest BCUT2D eigenvalue weighted by molar-refractivity contribution is -0.274. The maximum absolute atomic E-state index is 12.1. The Balaban J connectivity index is 2.04. The molecule has 0 bridgehead atoms. The fourth-order valence-corrected chi connectivity index (χ4v) is 2.11. The van der Waals surface area contributed by atoms with Gasteiger partial charge in [0.05, 0.1) is 19.2 Å². The first-order valence-corrected chi connectivity index (χ1v) is 7.24. The van der Waals surface area contributed by atoms with Gasteiger partial charge in [0.2, 0.25) is 5.91 Å². The highest BCUT2D eigenvalue weighted by molar-refractivity contribution is 5.99. The molecule has 0 spiro atoms. The van der Waals surface area contributed by atoms with Gasteiger partial charge < -0.3 is 19.9 Å². The standard InChI is InChI=1S/C17H14F3NO5/c1-25-16(24)12-3-2-4-13(15(12)23)21-14(22)9-10-5-7-11(8-6-10)26-17(18,19)20/h2-8,23H,9H2,1H3,(H,21,22). The van der Waals surface area contributed by atoms with Crippen molar-refractivity contribution in [1.82, 2.24) is 0 Å². The number of anilines is 1. The van der Waals surface area contributed by atoms with Crippen LogP contribution < -0.4 is 10.1 Å². The van der Waals surface area contributed by atoms with Crippen molar-refractivity contribution in [3.63, 3.8) is 0 Å². The molecule has 0 aliphatic carbocycles. The second-order valence-electron chi connectivity index (χ2n) is 5.11. The highest BCUT2D eigenvalue weighted by Gasteiger charge is 2.31. The molecule has 26 heavy (non-hydrogen) atoms.